The van der Waals surface area contributed by atoms with E-state index in [-0.39, 0.29) is 18.9 Å². The fourth-order valence-electron chi connectivity index (χ4n) is 1.89. The van der Waals surface area contributed by atoms with Crippen molar-refractivity contribution >= 4 is 11.3 Å². The lowest BCUT2D eigenvalue weighted by Crippen LogP contribution is -2.10. The van der Waals surface area contributed by atoms with Gasteiger partial charge >= 0.3 is 6.18 Å². The molecule has 2 nitrogen and oxygen atoms in total. The molecule has 1 aromatic heterocycles. The Morgan fingerprint density at radius 2 is 1.86 bits per heavy atom. The molecule has 0 atom stereocenters. The molecule has 0 saturated heterocycles. The standard InChI is InChI=1S/C15H16F3NOS/c1-2-11-4-5-12(21-11)9-20-14-6-3-10(8-19)7-13(14)15(16,17)18/h3-7H,2,8-9,19H2,1H3. The number of halogens is 3. The van der Waals surface area contributed by atoms with Crippen molar-refractivity contribution in [2.75, 3.05) is 0 Å². The number of hydrogen-bond donors (Lipinski definition) is 1. The van der Waals surface area contributed by atoms with Gasteiger partial charge in [-0.15, -0.1) is 11.3 Å². The number of rotatable bonds is 5. The van der Waals surface area contributed by atoms with Gasteiger partial charge in [0.15, 0.2) is 0 Å². The van der Waals surface area contributed by atoms with E-state index in [4.69, 9.17) is 10.5 Å². The highest BCUT2D eigenvalue weighted by molar-refractivity contribution is 7.11. The molecule has 114 valence electrons. The molecule has 0 unspecified atom stereocenters. The Hall–Kier alpha value is -1.53. The van der Waals surface area contributed by atoms with E-state index in [1.807, 2.05) is 19.1 Å². The maximum atomic E-state index is 13.0. The van der Waals surface area contributed by atoms with Crippen LogP contribution in [0.2, 0.25) is 0 Å². The van der Waals surface area contributed by atoms with E-state index >= 15 is 0 Å². The fraction of sp³-hybridized carbons (Fsp3) is 0.333. The molecule has 0 bridgehead atoms. The first-order valence-corrected chi connectivity index (χ1v) is 7.36. The summed E-state index contributed by atoms with van der Waals surface area (Å²) in [4.78, 5) is 2.09. The Morgan fingerprint density at radius 1 is 1.14 bits per heavy atom. The summed E-state index contributed by atoms with van der Waals surface area (Å²) in [6.45, 7) is 2.23. The second-order valence-corrected chi connectivity index (χ2v) is 5.80. The Kier molecular flexibility index (Phi) is 4.90. The van der Waals surface area contributed by atoms with E-state index in [2.05, 4.69) is 0 Å². The maximum Gasteiger partial charge on any atom is 0.419 e. The van der Waals surface area contributed by atoms with E-state index in [0.717, 1.165) is 17.4 Å². The van der Waals surface area contributed by atoms with Crippen molar-refractivity contribution < 1.29 is 17.9 Å². The van der Waals surface area contributed by atoms with Gasteiger partial charge in [-0.05, 0) is 36.2 Å². The van der Waals surface area contributed by atoms with Crippen LogP contribution in [-0.2, 0) is 25.7 Å². The van der Waals surface area contributed by atoms with Crippen LogP contribution < -0.4 is 10.5 Å². The van der Waals surface area contributed by atoms with E-state index in [0.29, 0.717) is 5.56 Å². The molecule has 0 radical (unpaired) electrons. The molecule has 2 aromatic rings. The molecule has 6 heteroatoms. The van der Waals surface area contributed by atoms with E-state index in [1.54, 1.807) is 17.4 Å². The van der Waals surface area contributed by atoms with Gasteiger partial charge in [0.2, 0.25) is 0 Å². The Balaban J connectivity index is 2.19. The number of benzene rings is 1. The quantitative estimate of drug-likeness (QED) is 0.889. The zero-order valence-corrected chi connectivity index (χ0v) is 12.4. The van der Waals surface area contributed by atoms with Crippen LogP contribution in [0.3, 0.4) is 0 Å². The molecule has 0 amide bonds. The summed E-state index contributed by atoms with van der Waals surface area (Å²) >= 11 is 1.55. The van der Waals surface area contributed by atoms with Crippen molar-refractivity contribution in [3.05, 3.63) is 51.2 Å². The monoisotopic (exact) mass is 315 g/mol. The third kappa shape index (κ3) is 3.98. The Bertz CT molecular complexity index is 607. The van der Waals surface area contributed by atoms with Crippen LogP contribution in [0.25, 0.3) is 0 Å². The minimum absolute atomic E-state index is 0.0636. The number of ether oxygens (including phenoxy) is 1. The highest BCUT2D eigenvalue weighted by Gasteiger charge is 2.34. The molecule has 0 saturated carbocycles. The summed E-state index contributed by atoms with van der Waals surface area (Å²) in [6, 6.07) is 7.77. The molecule has 21 heavy (non-hydrogen) atoms. The topological polar surface area (TPSA) is 35.2 Å². The van der Waals surface area contributed by atoms with Gasteiger partial charge in [0.1, 0.15) is 12.4 Å². The van der Waals surface area contributed by atoms with Crippen molar-refractivity contribution in [2.24, 2.45) is 5.73 Å². The average molecular weight is 315 g/mol. The average Bonchev–Trinajstić information content (AvgIpc) is 2.92. The first-order chi connectivity index (χ1) is 9.94. The van der Waals surface area contributed by atoms with E-state index in [1.165, 1.54) is 10.9 Å². The van der Waals surface area contributed by atoms with Crippen molar-refractivity contribution in [1.29, 1.82) is 0 Å². The first kappa shape index (κ1) is 15.9. The van der Waals surface area contributed by atoms with Gasteiger partial charge in [-0.2, -0.15) is 13.2 Å². The van der Waals surface area contributed by atoms with Gasteiger partial charge in [-0.25, -0.2) is 0 Å². The smallest absolute Gasteiger partial charge is 0.419 e. The summed E-state index contributed by atoms with van der Waals surface area (Å²) in [6.07, 6.45) is -3.55. The molecule has 1 heterocycles. The van der Waals surface area contributed by atoms with Gasteiger partial charge in [-0.1, -0.05) is 13.0 Å². The summed E-state index contributed by atoms with van der Waals surface area (Å²) < 4.78 is 44.4. The van der Waals surface area contributed by atoms with Crippen LogP contribution in [0.4, 0.5) is 13.2 Å². The van der Waals surface area contributed by atoms with Gasteiger partial charge in [0, 0.05) is 16.3 Å². The number of aryl methyl sites for hydroxylation is 1. The van der Waals surface area contributed by atoms with Crippen LogP contribution in [-0.4, -0.2) is 0 Å². The lowest BCUT2D eigenvalue weighted by Gasteiger charge is -2.14. The van der Waals surface area contributed by atoms with E-state index in [9.17, 15) is 13.2 Å². The molecule has 2 rings (SSSR count). The highest BCUT2D eigenvalue weighted by atomic mass is 32.1. The molecule has 0 fully saturated rings. The SMILES string of the molecule is CCc1ccc(COc2ccc(CN)cc2C(F)(F)F)s1. The second-order valence-electron chi connectivity index (χ2n) is 4.54. The number of alkyl halides is 3. The lowest BCUT2D eigenvalue weighted by molar-refractivity contribution is -0.139. The van der Waals surface area contributed by atoms with Crippen molar-refractivity contribution in [2.45, 2.75) is 32.7 Å². The molecule has 1 aromatic carbocycles. The second kappa shape index (κ2) is 6.49. The predicted octanol–water partition coefficient (Wildman–Crippen LogP) is 4.37. The van der Waals surface area contributed by atoms with Crippen LogP contribution in [0.5, 0.6) is 5.75 Å². The van der Waals surface area contributed by atoms with Crippen LogP contribution in [0.15, 0.2) is 30.3 Å². The third-order valence-electron chi connectivity index (χ3n) is 3.02. The third-order valence-corrected chi connectivity index (χ3v) is 4.22. The number of nitrogens with two attached hydrogens (primary N) is 1. The van der Waals surface area contributed by atoms with Crippen LogP contribution >= 0.6 is 11.3 Å². The summed E-state index contributed by atoms with van der Waals surface area (Å²) in [7, 11) is 0. The minimum atomic E-state index is -4.45. The first-order valence-electron chi connectivity index (χ1n) is 6.54. The van der Waals surface area contributed by atoms with Crippen molar-refractivity contribution in [3.8, 4) is 5.75 Å². The molecule has 0 spiro atoms. The van der Waals surface area contributed by atoms with Gasteiger partial charge in [0.25, 0.3) is 0 Å². The normalized spacial score (nSPS) is 11.7. The van der Waals surface area contributed by atoms with Crippen LogP contribution in [0, 0.1) is 0 Å². The Labute approximate surface area is 125 Å². The largest absolute Gasteiger partial charge is 0.487 e. The zero-order chi connectivity index (χ0) is 15.5. The molecular formula is C15H16F3NOS. The van der Waals surface area contributed by atoms with Crippen molar-refractivity contribution in [3.63, 3.8) is 0 Å². The summed E-state index contributed by atoms with van der Waals surface area (Å²) in [5.41, 5.74) is 5.04. The maximum absolute atomic E-state index is 13.0. The van der Waals surface area contributed by atoms with Crippen LogP contribution in [0.1, 0.15) is 27.8 Å². The van der Waals surface area contributed by atoms with Crippen molar-refractivity contribution in [1.82, 2.24) is 0 Å². The van der Waals surface area contributed by atoms with Gasteiger partial charge < -0.3 is 10.5 Å². The lowest BCUT2D eigenvalue weighted by atomic mass is 10.1. The van der Waals surface area contributed by atoms with Gasteiger partial charge in [-0.3, -0.25) is 0 Å². The molecule has 0 aliphatic rings. The Morgan fingerprint density at radius 3 is 2.43 bits per heavy atom. The summed E-state index contributed by atoms with van der Waals surface area (Å²) in [5.74, 6) is -0.161. The highest BCUT2D eigenvalue weighted by Crippen LogP contribution is 2.37. The molecule has 0 aliphatic heterocycles. The fourth-order valence-corrected chi connectivity index (χ4v) is 2.76. The molecular weight excluding hydrogens is 299 g/mol. The number of thiophene rings is 1. The summed E-state index contributed by atoms with van der Waals surface area (Å²) in [5, 5.41) is 0. The minimum Gasteiger partial charge on any atom is -0.487 e. The van der Waals surface area contributed by atoms with Gasteiger partial charge in [0.05, 0.1) is 5.56 Å². The zero-order valence-electron chi connectivity index (χ0n) is 11.5. The predicted molar refractivity (Wildman–Crippen MR) is 77.4 cm³/mol. The number of hydrogen-bond acceptors (Lipinski definition) is 3. The molecule has 2 N–H and O–H groups in total. The van der Waals surface area contributed by atoms with E-state index < -0.39 is 11.7 Å². The molecule has 0 aliphatic carbocycles.